The third-order valence-electron chi connectivity index (χ3n) is 5.94. The fourth-order valence-corrected chi connectivity index (χ4v) is 4.22. The molecular formula is C18H27N7O3. The smallest absolute Gasteiger partial charge is 0.327 e. The monoisotopic (exact) mass is 389 g/mol. The standard InChI is InChI=1S/C18H27N7O3/c1-13(2)9-25-17(28)24(10-14-3-4-14)16(27)18(25)5-7-22(8-6-18)15(26)11-23-12-19-20-21-23/h12-14H,3-11H2,1-2H3. The molecule has 1 saturated carbocycles. The number of carbonyl (C=O) groups excluding carboxylic acids is 3. The number of urea groups is 1. The minimum atomic E-state index is -0.804. The van der Waals surface area contributed by atoms with Gasteiger partial charge < -0.3 is 9.80 Å². The van der Waals surface area contributed by atoms with Gasteiger partial charge in [-0.15, -0.1) is 5.10 Å². The minimum absolute atomic E-state index is 0.0716. The Bertz CT molecular complexity index is 751. The number of hydrogen-bond acceptors (Lipinski definition) is 6. The number of tetrazole rings is 1. The maximum Gasteiger partial charge on any atom is 0.327 e. The van der Waals surface area contributed by atoms with Gasteiger partial charge in [-0.2, -0.15) is 0 Å². The van der Waals surface area contributed by atoms with Crippen LogP contribution in [0.25, 0.3) is 0 Å². The number of piperidine rings is 1. The highest BCUT2D eigenvalue weighted by Gasteiger charge is 2.58. The van der Waals surface area contributed by atoms with Crippen molar-refractivity contribution in [3.05, 3.63) is 6.33 Å². The molecule has 1 spiro atoms. The van der Waals surface area contributed by atoms with E-state index in [4.69, 9.17) is 0 Å². The largest absolute Gasteiger partial charge is 0.341 e. The Morgan fingerprint density at radius 3 is 2.54 bits per heavy atom. The molecule has 0 N–H and O–H groups in total. The number of imide groups is 1. The topological polar surface area (TPSA) is 105 Å². The molecule has 2 aliphatic heterocycles. The summed E-state index contributed by atoms with van der Waals surface area (Å²) in [5, 5.41) is 10.8. The van der Waals surface area contributed by atoms with Gasteiger partial charge in [-0.1, -0.05) is 13.8 Å². The third-order valence-corrected chi connectivity index (χ3v) is 5.94. The van der Waals surface area contributed by atoms with Crippen LogP contribution in [0.5, 0.6) is 0 Å². The first kappa shape index (κ1) is 18.8. The third kappa shape index (κ3) is 3.35. The van der Waals surface area contributed by atoms with Crippen molar-refractivity contribution >= 4 is 17.8 Å². The number of likely N-dealkylation sites (tertiary alicyclic amines) is 1. The van der Waals surface area contributed by atoms with E-state index in [1.807, 2.05) is 0 Å². The van der Waals surface area contributed by atoms with Crippen LogP contribution >= 0.6 is 0 Å². The molecule has 28 heavy (non-hydrogen) atoms. The number of amides is 4. The zero-order valence-corrected chi connectivity index (χ0v) is 16.5. The Hall–Kier alpha value is -2.52. The second kappa shape index (κ2) is 7.14. The molecule has 152 valence electrons. The lowest BCUT2D eigenvalue weighted by Crippen LogP contribution is -2.58. The second-order valence-corrected chi connectivity index (χ2v) is 8.57. The van der Waals surface area contributed by atoms with Crippen molar-refractivity contribution in [1.82, 2.24) is 34.9 Å². The highest BCUT2D eigenvalue weighted by molar-refractivity contribution is 6.07. The zero-order valence-electron chi connectivity index (χ0n) is 16.5. The van der Waals surface area contributed by atoms with E-state index in [0.29, 0.717) is 44.9 Å². The van der Waals surface area contributed by atoms with Gasteiger partial charge in [0.1, 0.15) is 18.4 Å². The molecule has 4 amide bonds. The van der Waals surface area contributed by atoms with Gasteiger partial charge in [0, 0.05) is 26.2 Å². The minimum Gasteiger partial charge on any atom is -0.341 e. The quantitative estimate of drug-likeness (QED) is 0.651. The molecule has 2 saturated heterocycles. The second-order valence-electron chi connectivity index (χ2n) is 8.57. The molecule has 3 fully saturated rings. The van der Waals surface area contributed by atoms with E-state index in [-0.39, 0.29) is 30.3 Å². The van der Waals surface area contributed by atoms with Crippen molar-refractivity contribution in [3.63, 3.8) is 0 Å². The van der Waals surface area contributed by atoms with Crippen LogP contribution in [0.15, 0.2) is 6.33 Å². The van der Waals surface area contributed by atoms with Gasteiger partial charge in [0.2, 0.25) is 5.91 Å². The Kier molecular flexibility index (Phi) is 4.80. The predicted molar refractivity (Wildman–Crippen MR) is 97.7 cm³/mol. The van der Waals surface area contributed by atoms with Crippen molar-refractivity contribution < 1.29 is 14.4 Å². The van der Waals surface area contributed by atoms with Crippen LogP contribution in [0.2, 0.25) is 0 Å². The van der Waals surface area contributed by atoms with Crippen LogP contribution < -0.4 is 0 Å². The lowest BCUT2D eigenvalue weighted by atomic mass is 9.85. The van der Waals surface area contributed by atoms with Crippen LogP contribution in [0.1, 0.15) is 39.5 Å². The summed E-state index contributed by atoms with van der Waals surface area (Å²) < 4.78 is 1.39. The summed E-state index contributed by atoms with van der Waals surface area (Å²) in [6.07, 6.45) is 4.55. The van der Waals surface area contributed by atoms with Crippen molar-refractivity contribution in [2.75, 3.05) is 26.2 Å². The van der Waals surface area contributed by atoms with Crippen molar-refractivity contribution in [3.8, 4) is 0 Å². The molecular weight excluding hydrogens is 362 g/mol. The summed E-state index contributed by atoms with van der Waals surface area (Å²) in [7, 11) is 0. The molecule has 0 unspecified atom stereocenters. The first-order valence-electron chi connectivity index (χ1n) is 10.0. The maximum atomic E-state index is 13.3. The van der Waals surface area contributed by atoms with E-state index >= 15 is 0 Å². The van der Waals surface area contributed by atoms with E-state index < -0.39 is 5.54 Å². The maximum absolute atomic E-state index is 13.3. The summed E-state index contributed by atoms with van der Waals surface area (Å²) in [5.41, 5.74) is -0.804. The van der Waals surface area contributed by atoms with Crippen molar-refractivity contribution in [2.24, 2.45) is 11.8 Å². The predicted octanol–water partition coefficient (Wildman–Crippen LogP) is 0.365. The molecule has 3 aliphatic rings. The molecule has 0 atom stereocenters. The van der Waals surface area contributed by atoms with Crippen LogP contribution in [0, 0.1) is 11.8 Å². The summed E-state index contributed by atoms with van der Waals surface area (Å²) in [6.45, 7) is 6.19. The number of carbonyl (C=O) groups is 3. The number of aromatic nitrogens is 4. The van der Waals surface area contributed by atoms with Crippen LogP contribution in [-0.4, -0.2) is 84.5 Å². The van der Waals surface area contributed by atoms with Gasteiger partial charge in [0.25, 0.3) is 5.91 Å². The fraction of sp³-hybridized carbons (Fsp3) is 0.778. The molecule has 0 aromatic carbocycles. The first-order valence-corrected chi connectivity index (χ1v) is 10.0. The summed E-state index contributed by atoms with van der Waals surface area (Å²) >= 11 is 0. The molecule has 1 aliphatic carbocycles. The molecule has 3 heterocycles. The summed E-state index contributed by atoms with van der Waals surface area (Å²) in [5.74, 6) is 0.581. The lowest BCUT2D eigenvalue weighted by molar-refractivity contribution is -0.141. The van der Waals surface area contributed by atoms with Crippen LogP contribution in [0.4, 0.5) is 4.79 Å². The van der Waals surface area contributed by atoms with Crippen LogP contribution in [-0.2, 0) is 16.1 Å². The Labute approximate surface area is 163 Å². The summed E-state index contributed by atoms with van der Waals surface area (Å²) in [6, 6.07) is -0.154. The molecule has 0 radical (unpaired) electrons. The SMILES string of the molecule is CC(C)CN1C(=O)N(CC2CC2)C(=O)C12CCN(C(=O)Cn1cnnn1)CC2. The van der Waals surface area contributed by atoms with Gasteiger partial charge in [-0.25, -0.2) is 9.48 Å². The molecule has 1 aromatic rings. The van der Waals surface area contributed by atoms with Crippen molar-refractivity contribution in [1.29, 1.82) is 0 Å². The Morgan fingerprint density at radius 1 is 1.25 bits per heavy atom. The normalized spacial score (nSPS) is 22.0. The number of nitrogens with zero attached hydrogens (tertiary/aromatic N) is 7. The van der Waals surface area contributed by atoms with E-state index in [0.717, 1.165) is 12.8 Å². The highest BCUT2D eigenvalue weighted by atomic mass is 16.2. The lowest BCUT2D eigenvalue weighted by Gasteiger charge is -2.42. The average Bonchev–Trinajstić information content (AvgIpc) is 3.32. The van der Waals surface area contributed by atoms with Gasteiger partial charge in [-0.3, -0.25) is 14.5 Å². The van der Waals surface area contributed by atoms with Crippen LogP contribution in [0.3, 0.4) is 0 Å². The van der Waals surface area contributed by atoms with E-state index in [9.17, 15) is 14.4 Å². The highest BCUT2D eigenvalue weighted by Crippen LogP contribution is 2.40. The molecule has 0 bridgehead atoms. The molecule has 4 rings (SSSR count). The number of hydrogen-bond donors (Lipinski definition) is 0. The van der Waals surface area contributed by atoms with E-state index in [2.05, 4.69) is 29.4 Å². The molecule has 10 heteroatoms. The fourth-order valence-electron chi connectivity index (χ4n) is 4.22. The average molecular weight is 389 g/mol. The number of rotatable bonds is 6. The van der Waals surface area contributed by atoms with Gasteiger partial charge >= 0.3 is 6.03 Å². The molecule has 1 aromatic heterocycles. The first-order chi connectivity index (χ1) is 13.4. The van der Waals surface area contributed by atoms with Gasteiger partial charge in [0.05, 0.1) is 0 Å². The van der Waals surface area contributed by atoms with Crippen molar-refractivity contribution in [2.45, 2.75) is 51.6 Å². The van der Waals surface area contributed by atoms with E-state index in [1.165, 1.54) is 15.9 Å². The van der Waals surface area contributed by atoms with Gasteiger partial charge in [-0.05, 0) is 47.9 Å². The van der Waals surface area contributed by atoms with E-state index in [1.54, 1.807) is 9.80 Å². The molecule has 10 nitrogen and oxygen atoms in total. The summed E-state index contributed by atoms with van der Waals surface area (Å²) in [4.78, 5) is 43.9. The van der Waals surface area contributed by atoms with Gasteiger partial charge in [0.15, 0.2) is 0 Å². The zero-order chi connectivity index (χ0) is 19.9. The Balaban J connectivity index is 1.48. The Morgan fingerprint density at radius 2 is 1.96 bits per heavy atom.